The first-order chi connectivity index (χ1) is 27.4. The van der Waals surface area contributed by atoms with Crippen LogP contribution in [0.3, 0.4) is 0 Å². The van der Waals surface area contributed by atoms with Crippen LogP contribution in [-0.2, 0) is 19.4 Å². The quantitative estimate of drug-likeness (QED) is 0.0253. The topological polar surface area (TPSA) is 69.6 Å². The number of carbonyl (C=O) groups is 1. The monoisotopic (exact) mass is 766 g/mol. The molecule has 5 rings (SSSR count). The van der Waals surface area contributed by atoms with Gasteiger partial charge >= 0.3 is 0 Å². The second-order valence-corrected chi connectivity index (χ2v) is 18.5. The highest BCUT2D eigenvalue weighted by atomic mass is 31.2. The predicted molar refractivity (Wildman–Crippen MR) is 241 cm³/mol. The summed E-state index contributed by atoms with van der Waals surface area (Å²) >= 11 is 0. The summed E-state index contributed by atoms with van der Waals surface area (Å²) in [6.07, 6.45) is 16.8. The molecule has 0 radical (unpaired) electrons. The van der Waals surface area contributed by atoms with Crippen molar-refractivity contribution in [3.63, 3.8) is 0 Å². The fourth-order valence-electron chi connectivity index (χ4n) is 7.91. The number of rotatable bonds is 24. The lowest BCUT2D eigenvalue weighted by molar-refractivity contribution is 0.0979. The number of carbonyl (C=O) groups excluding carboxylic acids is 1. The summed E-state index contributed by atoms with van der Waals surface area (Å²) < 4.78 is 0. The van der Waals surface area contributed by atoms with E-state index in [1.54, 1.807) is 12.1 Å². The van der Waals surface area contributed by atoms with Gasteiger partial charge in [-0.15, -0.1) is 13.2 Å². The minimum atomic E-state index is -1.75. The summed E-state index contributed by atoms with van der Waals surface area (Å²) in [7, 11) is -1.75. The van der Waals surface area contributed by atoms with Gasteiger partial charge < -0.3 is 15.5 Å². The molecule has 0 fully saturated rings. The van der Waals surface area contributed by atoms with Crippen molar-refractivity contribution < 1.29 is 15.0 Å². The molecule has 3 N–H and O–H groups in total. The highest BCUT2D eigenvalue weighted by molar-refractivity contribution is 7.95. The van der Waals surface area contributed by atoms with Crippen LogP contribution in [0.1, 0.15) is 98.2 Å². The largest absolute Gasteiger partial charge is 0.507 e. The van der Waals surface area contributed by atoms with Gasteiger partial charge in [-0.05, 0) is 111 Å². The summed E-state index contributed by atoms with van der Waals surface area (Å²) in [5.74, 6) is -0.0575. The molecule has 56 heavy (non-hydrogen) atoms. The molecule has 0 aliphatic carbocycles. The van der Waals surface area contributed by atoms with E-state index in [2.05, 4.69) is 109 Å². The van der Waals surface area contributed by atoms with E-state index in [-0.39, 0.29) is 17.3 Å². The van der Waals surface area contributed by atoms with Crippen LogP contribution >= 0.6 is 7.26 Å². The number of aromatic hydroxyl groups is 2. The maximum absolute atomic E-state index is 13.0. The molecule has 5 heteroatoms. The summed E-state index contributed by atoms with van der Waals surface area (Å²) in [6, 6.07) is 41.1. The van der Waals surface area contributed by atoms with Crippen molar-refractivity contribution in [2.75, 3.05) is 12.7 Å². The molecule has 0 amide bonds. The zero-order valence-electron chi connectivity index (χ0n) is 33.4. The highest BCUT2D eigenvalue weighted by Gasteiger charge is 2.44. The second kappa shape index (κ2) is 22.1. The molecule has 5 aromatic carbocycles. The van der Waals surface area contributed by atoms with Crippen LogP contribution in [0.4, 0.5) is 0 Å². The van der Waals surface area contributed by atoms with Crippen molar-refractivity contribution in [2.24, 2.45) is 0 Å². The summed E-state index contributed by atoms with van der Waals surface area (Å²) in [6.45, 7) is 11.1. The Morgan fingerprint density at radius 2 is 1.09 bits per heavy atom. The van der Waals surface area contributed by atoms with Crippen LogP contribution in [0.5, 0.6) is 11.5 Å². The molecule has 4 nitrogen and oxygen atoms in total. The van der Waals surface area contributed by atoms with E-state index < -0.39 is 7.26 Å². The lowest BCUT2D eigenvalue weighted by Gasteiger charge is -2.27. The van der Waals surface area contributed by atoms with Gasteiger partial charge in [0.15, 0.2) is 5.78 Å². The molecule has 5 aromatic rings. The molecule has 0 bridgehead atoms. The Morgan fingerprint density at radius 3 is 1.59 bits per heavy atom. The molecule has 0 saturated carbocycles. The van der Waals surface area contributed by atoms with E-state index in [9.17, 15) is 15.0 Å². The first-order valence-electron chi connectivity index (χ1n) is 20.6. The molecule has 0 atom stereocenters. The number of hydrogen-bond donors (Lipinski definition) is 3. The van der Waals surface area contributed by atoms with Gasteiger partial charge in [0.2, 0.25) is 0 Å². The lowest BCUT2D eigenvalue weighted by atomic mass is 9.91. The van der Waals surface area contributed by atoms with Crippen LogP contribution in [0, 0.1) is 0 Å². The summed E-state index contributed by atoms with van der Waals surface area (Å²) in [5, 5.41) is 30.8. The SMILES string of the molecule is C=CCc1cc(CNCCCCCCCCCC[P+](c2ccccc2)(c2ccccc2)c2ccccc2)c(O)c(-c2cc(CC=C)cc(C(=O)CCC)c2O)c1. The first kappa shape index (κ1) is 42.4. The number of ketones is 1. The highest BCUT2D eigenvalue weighted by Crippen LogP contribution is 2.56. The number of benzene rings is 5. The Balaban J connectivity index is 1.11. The zero-order valence-corrected chi connectivity index (χ0v) is 34.3. The Bertz CT molecular complexity index is 1890. The summed E-state index contributed by atoms with van der Waals surface area (Å²) in [5.41, 5.74) is 3.94. The van der Waals surface area contributed by atoms with Gasteiger partial charge in [0.05, 0.1) is 11.7 Å². The molecular formula is C51H61NO3P+. The van der Waals surface area contributed by atoms with E-state index in [1.807, 2.05) is 31.2 Å². The summed E-state index contributed by atoms with van der Waals surface area (Å²) in [4.78, 5) is 13.0. The number of unbranched alkanes of at least 4 members (excludes halogenated alkanes) is 7. The lowest BCUT2D eigenvalue weighted by Crippen LogP contribution is -2.33. The number of phenols is 2. The minimum absolute atomic E-state index is 0.0811. The molecule has 0 aromatic heterocycles. The van der Waals surface area contributed by atoms with Crippen molar-refractivity contribution in [1.82, 2.24) is 5.32 Å². The molecule has 0 heterocycles. The Morgan fingerprint density at radius 1 is 0.625 bits per heavy atom. The third-order valence-electron chi connectivity index (χ3n) is 10.7. The molecule has 0 unspecified atom stereocenters. The van der Waals surface area contributed by atoms with Crippen molar-refractivity contribution in [3.05, 3.63) is 163 Å². The van der Waals surface area contributed by atoms with Crippen LogP contribution in [0.25, 0.3) is 11.1 Å². The maximum Gasteiger partial charge on any atom is 0.166 e. The van der Waals surface area contributed by atoms with Crippen LogP contribution in [-0.4, -0.2) is 28.7 Å². The Kier molecular flexibility index (Phi) is 16.7. The second-order valence-electron chi connectivity index (χ2n) is 14.9. The van der Waals surface area contributed by atoms with Crippen molar-refractivity contribution in [2.45, 2.75) is 90.5 Å². The van der Waals surface area contributed by atoms with E-state index in [1.165, 1.54) is 67.0 Å². The third-order valence-corrected chi connectivity index (χ3v) is 15.3. The predicted octanol–water partition coefficient (Wildman–Crippen LogP) is 11.4. The molecular weight excluding hydrogens is 706 g/mol. The first-order valence-corrected chi connectivity index (χ1v) is 22.6. The average molecular weight is 767 g/mol. The van der Waals surface area contributed by atoms with Gasteiger partial charge in [0.25, 0.3) is 0 Å². The van der Waals surface area contributed by atoms with E-state index >= 15 is 0 Å². The van der Waals surface area contributed by atoms with Crippen LogP contribution in [0.15, 0.2) is 141 Å². The zero-order chi connectivity index (χ0) is 39.6. The minimum Gasteiger partial charge on any atom is -0.507 e. The van der Waals surface area contributed by atoms with Gasteiger partial charge in [-0.2, -0.15) is 0 Å². The Labute approximate surface area is 336 Å². The van der Waals surface area contributed by atoms with Crippen LogP contribution < -0.4 is 21.2 Å². The normalized spacial score (nSPS) is 11.4. The molecule has 0 saturated heterocycles. The maximum atomic E-state index is 13.0. The van der Waals surface area contributed by atoms with Crippen LogP contribution in [0.2, 0.25) is 0 Å². The fourth-order valence-corrected chi connectivity index (χ4v) is 12.3. The number of nitrogens with one attached hydrogen (secondary N) is 1. The van der Waals surface area contributed by atoms with Gasteiger partial charge in [0, 0.05) is 29.7 Å². The Hall–Kier alpha value is -4.76. The van der Waals surface area contributed by atoms with Gasteiger partial charge in [-0.1, -0.05) is 112 Å². The average Bonchev–Trinajstić information content (AvgIpc) is 3.22. The van der Waals surface area contributed by atoms with E-state index in [0.717, 1.165) is 29.7 Å². The van der Waals surface area contributed by atoms with Gasteiger partial charge in [0.1, 0.15) is 34.7 Å². The van der Waals surface area contributed by atoms with Gasteiger partial charge in [-0.3, -0.25) is 4.79 Å². The van der Waals surface area contributed by atoms with Crippen molar-refractivity contribution >= 4 is 29.0 Å². The van der Waals surface area contributed by atoms with E-state index in [4.69, 9.17) is 0 Å². The molecule has 0 aliphatic rings. The van der Waals surface area contributed by atoms with E-state index in [0.29, 0.717) is 48.9 Å². The fraction of sp³-hybridized carbons (Fsp3) is 0.314. The molecule has 292 valence electrons. The standard InChI is InChI=1S/C51H60NO3P/c1-4-24-40-35-42(50(54)46(36-40)47-37-41(25-5-2)38-48(51(47)55)49(53)26-6-3)39-52-33-22-11-9-7-8-10-12-23-34-56(43-27-16-13-17-28-43,44-29-18-14-19-30-44)45-31-20-15-21-32-45/h4-5,13-21,27-32,35-38,52H,1-2,6-12,22-26,33-34,39H2,3H3,(H-,53,54,55)/p+1. The number of allylic oxidation sites excluding steroid dienone is 2. The van der Waals surface area contributed by atoms with Crippen molar-refractivity contribution in [3.8, 4) is 22.6 Å². The third kappa shape index (κ3) is 11.0. The number of Topliss-reactive ketones (excluding diaryl/α,β-unsaturated/α-hetero) is 1. The number of phenolic OH excluding ortho intramolecular Hbond substituents is 2. The smallest absolute Gasteiger partial charge is 0.166 e. The number of hydrogen-bond acceptors (Lipinski definition) is 4. The van der Waals surface area contributed by atoms with Crippen molar-refractivity contribution in [1.29, 1.82) is 0 Å². The van der Waals surface area contributed by atoms with Gasteiger partial charge in [-0.25, -0.2) is 0 Å². The molecule has 0 aliphatic heterocycles. The molecule has 0 spiro atoms.